The molecule has 0 saturated carbocycles. The van der Waals surface area contributed by atoms with Crippen LogP contribution >= 0.6 is 0 Å². The minimum atomic E-state index is 0.394. The maximum absolute atomic E-state index is 5.40. The predicted molar refractivity (Wildman–Crippen MR) is 81.5 cm³/mol. The molecule has 0 aliphatic heterocycles. The van der Waals surface area contributed by atoms with Crippen molar-refractivity contribution < 1.29 is 4.74 Å². The molecule has 1 N–H and O–H groups in total. The van der Waals surface area contributed by atoms with Crippen molar-refractivity contribution >= 4 is 16.9 Å². The molecule has 108 valence electrons. The van der Waals surface area contributed by atoms with Crippen LogP contribution in [0.2, 0.25) is 0 Å². The third-order valence-electron chi connectivity index (χ3n) is 3.15. The third-order valence-corrected chi connectivity index (χ3v) is 3.15. The summed E-state index contributed by atoms with van der Waals surface area (Å²) < 4.78 is 7.35. The summed E-state index contributed by atoms with van der Waals surface area (Å²) >= 11 is 0. The number of fused-ring (bicyclic) bond motifs is 1. The molecule has 0 bridgehead atoms. The average Bonchev–Trinajstić information content (AvgIpc) is 2.96. The van der Waals surface area contributed by atoms with Gasteiger partial charge in [-0.25, -0.2) is 15.0 Å². The summed E-state index contributed by atoms with van der Waals surface area (Å²) in [4.78, 5) is 13.3. The number of hydrogen-bond donors (Lipinski definition) is 1. The molecule has 1 aromatic carbocycles. The van der Waals surface area contributed by atoms with E-state index in [1.54, 1.807) is 6.33 Å². The van der Waals surface area contributed by atoms with Crippen LogP contribution in [0.15, 0.2) is 36.7 Å². The molecular formula is C15H17N5O. The van der Waals surface area contributed by atoms with Gasteiger partial charge in [-0.3, -0.25) is 4.57 Å². The Labute approximate surface area is 122 Å². The van der Waals surface area contributed by atoms with Crippen LogP contribution in [0.25, 0.3) is 16.9 Å². The van der Waals surface area contributed by atoms with Crippen LogP contribution in [0.4, 0.5) is 5.82 Å². The lowest BCUT2D eigenvalue weighted by Crippen LogP contribution is -2.07. The Morgan fingerprint density at radius 3 is 2.90 bits per heavy atom. The number of anilines is 1. The van der Waals surface area contributed by atoms with Crippen LogP contribution in [0.3, 0.4) is 0 Å². The van der Waals surface area contributed by atoms with Gasteiger partial charge in [-0.05, 0) is 19.1 Å². The van der Waals surface area contributed by atoms with Crippen LogP contribution in [-0.2, 0) is 11.3 Å². The Kier molecular flexibility index (Phi) is 3.79. The number of benzene rings is 1. The number of rotatable bonds is 5. The summed E-state index contributed by atoms with van der Waals surface area (Å²) in [6.07, 6.45) is 1.77. The second kappa shape index (κ2) is 5.88. The van der Waals surface area contributed by atoms with E-state index in [0.717, 1.165) is 22.7 Å². The second-order valence-corrected chi connectivity index (χ2v) is 4.52. The van der Waals surface area contributed by atoms with E-state index in [0.29, 0.717) is 19.0 Å². The van der Waals surface area contributed by atoms with Crippen LogP contribution in [-0.4, -0.2) is 33.2 Å². The average molecular weight is 283 g/mol. The second-order valence-electron chi connectivity index (χ2n) is 4.52. The molecule has 0 aliphatic rings. The van der Waals surface area contributed by atoms with Gasteiger partial charge in [0.05, 0.1) is 11.0 Å². The third kappa shape index (κ3) is 2.71. The first kappa shape index (κ1) is 13.5. The number of hydrogen-bond acceptors (Lipinski definition) is 5. The monoisotopic (exact) mass is 283 g/mol. The number of nitrogens with zero attached hydrogens (tertiary/aromatic N) is 4. The predicted octanol–water partition coefficient (Wildman–Crippen LogP) is 2.39. The fourth-order valence-electron chi connectivity index (χ4n) is 2.13. The zero-order valence-corrected chi connectivity index (χ0v) is 12.1. The summed E-state index contributed by atoms with van der Waals surface area (Å²) in [6.45, 7) is 2.98. The van der Waals surface area contributed by atoms with E-state index in [-0.39, 0.29) is 0 Å². The molecule has 2 heterocycles. The highest BCUT2D eigenvalue weighted by Gasteiger charge is 2.09. The van der Waals surface area contributed by atoms with Gasteiger partial charge >= 0.3 is 0 Å². The molecule has 2 aromatic heterocycles. The van der Waals surface area contributed by atoms with Crippen molar-refractivity contribution in [2.45, 2.75) is 13.5 Å². The maximum atomic E-state index is 5.40. The minimum Gasteiger partial charge on any atom is -0.374 e. The Bertz CT molecular complexity index is 753. The summed E-state index contributed by atoms with van der Waals surface area (Å²) in [5.41, 5.74) is 1.95. The van der Waals surface area contributed by atoms with Gasteiger partial charge in [-0.2, -0.15) is 0 Å². The van der Waals surface area contributed by atoms with E-state index >= 15 is 0 Å². The smallest absolute Gasteiger partial charge is 0.158 e. The number of ether oxygens (including phenoxy) is 1. The van der Waals surface area contributed by atoms with Crippen molar-refractivity contribution in [3.05, 3.63) is 42.5 Å². The van der Waals surface area contributed by atoms with Crippen LogP contribution < -0.4 is 5.32 Å². The zero-order chi connectivity index (χ0) is 14.7. The number of nitrogens with one attached hydrogen (secondary N) is 1. The zero-order valence-electron chi connectivity index (χ0n) is 12.1. The molecule has 0 fully saturated rings. The van der Waals surface area contributed by atoms with Gasteiger partial charge in [0.1, 0.15) is 24.6 Å². The van der Waals surface area contributed by atoms with Gasteiger partial charge < -0.3 is 10.1 Å². The maximum Gasteiger partial charge on any atom is 0.158 e. The van der Waals surface area contributed by atoms with Gasteiger partial charge in [0.15, 0.2) is 5.82 Å². The largest absolute Gasteiger partial charge is 0.374 e. The molecule has 0 amide bonds. The standard InChI is InChI=1S/C15H17N5O/c1-3-21-9-14-18-13(16-2)8-15(19-14)20-10-17-11-6-4-5-7-12(11)20/h4-8,10H,3,9H2,1-2H3,(H,16,18,19). The molecule has 0 unspecified atom stereocenters. The van der Waals surface area contributed by atoms with Crippen molar-refractivity contribution in [3.8, 4) is 5.82 Å². The summed E-state index contributed by atoms with van der Waals surface area (Å²) in [5, 5.41) is 3.05. The molecule has 6 nitrogen and oxygen atoms in total. The van der Waals surface area contributed by atoms with Gasteiger partial charge in [0, 0.05) is 19.7 Å². The topological polar surface area (TPSA) is 64.9 Å². The number of aromatic nitrogens is 4. The molecular weight excluding hydrogens is 266 g/mol. The quantitative estimate of drug-likeness (QED) is 0.779. The highest BCUT2D eigenvalue weighted by molar-refractivity contribution is 5.76. The Morgan fingerprint density at radius 2 is 2.10 bits per heavy atom. The van der Waals surface area contributed by atoms with Gasteiger partial charge in [0.25, 0.3) is 0 Å². The first-order chi connectivity index (χ1) is 10.3. The molecule has 0 aliphatic carbocycles. The van der Waals surface area contributed by atoms with Crippen molar-refractivity contribution in [3.63, 3.8) is 0 Å². The number of para-hydroxylation sites is 2. The van der Waals surface area contributed by atoms with Gasteiger partial charge in [-0.15, -0.1) is 0 Å². The van der Waals surface area contributed by atoms with Crippen LogP contribution in [0.1, 0.15) is 12.7 Å². The lowest BCUT2D eigenvalue weighted by Gasteiger charge is -2.09. The van der Waals surface area contributed by atoms with Crippen molar-refractivity contribution in [2.24, 2.45) is 0 Å². The molecule has 0 saturated heterocycles. The normalized spacial score (nSPS) is 11.0. The summed E-state index contributed by atoms with van der Waals surface area (Å²) in [7, 11) is 1.84. The van der Waals surface area contributed by atoms with E-state index in [1.165, 1.54) is 0 Å². The molecule has 3 aromatic rings. The fraction of sp³-hybridized carbons (Fsp3) is 0.267. The highest BCUT2D eigenvalue weighted by atomic mass is 16.5. The molecule has 0 radical (unpaired) electrons. The Morgan fingerprint density at radius 1 is 1.24 bits per heavy atom. The molecule has 3 rings (SSSR count). The van der Waals surface area contributed by atoms with Gasteiger partial charge in [0.2, 0.25) is 0 Å². The van der Waals surface area contributed by atoms with Crippen molar-refractivity contribution in [1.82, 2.24) is 19.5 Å². The van der Waals surface area contributed by atoms with E-state index in [2.05, 4.69) is 20.3 Å². The molecule has 0 spiro atoms. The Balaban J connectivity index is 2.08. The van der Waals surface area contributed by atoms with Gasteiger partial charge in [-0.1, -0.05) is 12.1 Å². The van der Waals surface area contributed by atoms with E-state index in [1.807, 2.05) is 48.9 Å². The molecule has 6 heteroatoms. The molecule has 0 atom stereocenters. The number of imidazole rings is 1. The van der Waals surface area contributed by atoms with E-state index in [9.17, 15) is 0 Å². The SMILES string of the molecule is CCOCc1nc(NC)cc(-n2cnc3ccccc32)n1. The van der Waals surface area contributed by atoms with Crippen molar-refractivity contribution in [2.75, 3.05) is 19.0 Å². The fourth-order valence-corrected chi connectivity index (χ4v) is 2.13. The Hall–Kier alpha value is -2.47. The lowest BCUT2D eigenvalue weighted by molar-refractivity contribution is 0.128. The van der Waals surface area contributed by atoms with E-state index < -0.39 is 0 Å². The van der Waals surface area contributed by atoms with E-state index in [4.69, 9.17) is 4.74 Å². The molecule has 21 heavy (non-hydrogen) atoms. The first-order valence-corrected chi connectivity index (χ1v) is 6.87. The van der Waals surface area contributed by atoms with Crippen LogP contribution in [0, 0.1) is 0 Å². The minimum absolute atomic E-state index is 0.394. The summed E-state index contributed by atoms with van der Waals surface area (Å²) in [5.74, 6) is 2.18. The summed E-state index contributed by atoms with van der Waals surface area (Å²) in [6, 6.07) is 9.85. The lowest BCUT2D eigenvalue weighted by atomic mass is 10.3. The van der Waals surface area contributed by atoms with Crippen LogP contribution in [0.5, 0.6) is 0 Å². The highest BCUT2D eigenvalue weighted by Crippen LogP contribution is 2.18. The first-order valence-electron chi connectivity index (χ1n) is 6.87. The van der Waals surface area contributed by atoms with Crippen molar-refractivity contribution in [1.29, 1.82) is 0 Å².